The number of hydrogen-bond acceptors (Lipinski definition) is 2. The van der Waals surface area contributed by atoms with Crippen LogP contribution in [0.3, 0.4) is 0 Å². The van der Waals surface area contributed by atoms with Crippen molar-refractivity contribution in [3.8, 4) is 11.1 Å². The summed E-state index contributed by atoms with van der Waals surface area (Å²) in [6.45, 7) is 2.78. The highest BCUT2D eigenvalue weighted by molar-refractivity contribution is 5.95. The lowest BCUT2D eigenvalue weighted by molar-refractivity contribution is 0.0945. The second-order valence-electron chi connectivity index (χ2n) is 6.03. The minimum absolute atomic E-state index is 0.0384. The molecule has 1 unspecified atom stereocenters. The summed E-state index contributed by atoms with van der Waals surface area (Å²) < 4.78 is 0. The molecule has 0 spiro atoms. The van der Waals surface area contributed by atoms with Gasteiger partial charge in [-0.3, -0.25) is 4.79 Å². The summed E-state index contributed by atoms with van der Waals surface area (Å²) in [5.74, 6) is 0.246. The van der Waals surface area contributed by atoms with Gasteiger partial charge in [-0.1, -0.05) is 37.3 Å². The van der Waals surface area contributed by atoms with Gasteiger partial charge in [-0.05, 0) is 53.1 Å². The third-order valence-electron chi connectivity index (χ3n) is 4.29. The third-order valence-corrected chi connectivity index (χ3v) is 4.29. The molecule has 1 aliphatic carbocycles. The summed E-state index contributed by atoms with van der Waals surface area (Å²) in [6, 6.07) is 14.3. The van der Waals surface area contributed by atoms with Crippen LogP contribution < -0.4 is 5.32 Å². The van der Waals surface area contributed by atoms with Gasteiger partial charge in [-0.15, -0.1) is 0 Å². The van der Waals surface area contributed by atoms with Crippen molar-refractivity contribution >= 4 is 5.91 Å². The fraction of sp³-hybridized carbons (Fsp3) is 0.316. The van der Waals surface area contributed by atoms with Crippen LogP contribution in [0.1, 0.15) is 34.8 Å². The maximum atomic E-state index is 12.3. The number of benzene rings is 2. The highest BCUT2D eigenvalue weighted by Crippen LogP contribution is 2.36. The number of nitrogens with one attached hydrogen (secondary N) is 1. The molecule has 3 rings (SSSR count). The number of aliphatic hydroxyl groups is 1. The van der Waals surface area contributed by atoms with E-state index in [1.54, 1.807) is 0 Å². The second-order valence-corrected chi connectivity index (χ2v) is 6.03. The Morgan fingerprint density at radius 2 is 1.95 bits per heavy atom. The predicted molar refractivity (Wildman–Crippen MR) is 87.9 cm³/mol. The smallest absolute Gasteiger partial charge is 0.251 e. The first-order valence-electron chi connectivity index (χ1n) is 7.79. The summed E-state index contributed by atoms with van der Waals surface area (Å²) in [4.78, 5) is 12.3. The molecular weight excluding hydrogens is 274 g/mol. The van der Waals surface area contributed by atoms with E-state index in [0.29, 0.717) is 18.5 Å². The van der Waals surface area contributed by atoms with Crippen molar-refractivity contribution in [2.24, 2.45) is 5.92 Å². The zero-order valence-corrected chi connectivity index (χ0v) is 12.8. The number of aliphatic hydroxyl groups excluding tert-OH is 1. The molecule has 0 aromatic heterocycles. The zero-order valence-electron chi connectivity index (χ0n) is 12.8. The van der Waals surface area contributed by atoms with E-state index in [0.717, 1.165) is 6.42 Å². The molecule has 1 amide bonds. The largest absolute Gasteiger partial charge is 0.396 e. The van der Waals surface area contributed by atoms with E-state index in [1.807, 2.05) is 25.1 Å². The molecule has 1 atom stereocenters. The van der Waals surface area contributed by atoms with Crippen LogP contribution in [0.5, 0.6) is 0 Å². The maximum Gasteiger partial charge on any atom is 0.251 e. The molecule has 0 heterocycles. The zero-order chi connectivity index (χ0) is 15.5. The van der Waals surface area contributed by atoms with Gasteiger partial charge in [-0.2, -0.15) is 0 Å². The quantitative estimate of drug-likeness (QED) is 0.760. The van der Waals surface area contributed by atoms with Gasteiger partial charge in [0.2, 0.25) is 0 Å². The van der Waals surface area contributed by atoms with Crippen molar-refractivity contribution < 1.29 is 9.90 Å². The van der Waals surface area contributed by atoms with Crippen molar-refractivity contribution in [3.05, 3.63) is 59.2 Å². The first-order chi connectivity index (χ1) is 10.7. The molecule has 2 aromatic rings. The maximum absolute atomic E-state index is 12.3. The Morgan fingerprint density at radius 1 is 1.18 bits per heavy atom. The lowest BCUT2D eigenvalue weighted by Crippen LogP contribution is -2.28. The van der Waals surface area contributed by atoms with E-state index in [-0.39, 0.29) is 18.4 Å². The van der Waals surface area contributed by atoms with E-state index in [1.165, 1.54) is 22.3 Å². The molecule has 3 heteroatoms. The molecule has 0 aliphatic heterocycles. The van der Waals surface area contributed by atoms with E-state index in [9.17, 15) is 4.79 Å². The number of fused-ring (bicyclic) bond motifs is 3. The van der Waals surface area contributed by atoms with Crippen LogP contribution in [-0.4, -0.2) is 24.2 Å². The van der Waals surface area contributed by atoms with Gasteiger partial charge < -0.3 is 10.4 Å². The number of hydrogen-bond donors (Lipinski definition) is 2. The summed E-state index contributed by atoms with van der Waals surface area (Å²) in [5.41, 5.74) is 5.77. The Bertz CT molecular complexity index is 694. The van der Waals surface area contributed by atoms with Gasteiger partial charge >= 0.3 is 0 Å². The molecule has 0 saturated heterocycles. The number of rotatable bonds is 5. The van der Waals surface area contributed by atoms with E-state index < -0.39 is 0 Å². The molecule has 2 N–H and O–H groups in total. The van der Waals surface area contributed by atoms with Crippen molar-refractivity contribution in [2.45, 2.75) is 19.8 Å². The van der Waals surface area contributed by atoms with Crippen molar-refractivity contribution in [1.82, 2.24) is 5.32 Å². The fourth-order valence-corrected chi connectivity index (χ4v) is 2.98. The van der Waals surface area contributed by atoms with Crippen LogP contribution in [0, 0.1) is 5.92 Å². The topological polar surface area (TPSA) is 49.3 Å². The van der Waals surface area contributed by atoms with E-state index in [2.05, 4.69) is 29.6 Å². The lowest BCUT2D eigenvalue weighted by Gasteiger charge is -2.11. The molecule has 3 nitrogen and oxygen atoms in total. The first kappa shape index (κ1) is 14.8. The molecule has 0 bridgehead atoms. The number of amides is 1. The Morgan fingerprint density at radius 3 is 2.77 bits per heavy atom. The molecule has 0 fully saturated rings. The van der Waals surface area contributed by atoms with Crippen LogP contribution >= 0.6 is 0 Å². The van der Waals surface area contributed by atoms with Gasteiger partial charge in [0.05, 0.1) is 0 Å². The van der Waals surface area contributed by atoms with Crippen molar-refractivity contribution in [2.75, 3.05) is 13.2 Å². The van der Waals surface area contributed by atoms with Crippen LogP contribution in [-0.2, 0) is 6.42 Å². The van der Waals surface area contributed by atoms with Crippen molar-refractivity contribution in [3.63, 3.8) is 0 Å². The predicted octanol–water partition coefficient (Wildman–Crippen LogP) is 3.01. The van der Waals surface area contributed by atoms with Crippen LogP contribution in [0.25, 0.3) is 11.1 Å². The Balaban J connectivity index is 1.73. The average Bonchev–Trinajstić information content (AvgIpc) is 2.90. The Hall–Kier alpha value is -2.13. The summed E-state index contributed by atoms with van der Waals surface area (Å²) >= 11 is 0. The molecule has 2 aromatic carbocycles. The standard InChI is InChI=1S/C19H21NO2/c1-13(8-9-21)12-20-19(22)15-6-7-18-16(11-15)10-14-4-2-3-5-17(14)18/h2-7,11,13,21H,8-10,12H2,1H3,(H,20,22). The monoisotopic (exact) mass is 295 g/mol. The van der Waals surface area contributed by atoms with Crippen LogP contribution in [0.15, 0.2) is 42.5 Å². The minimum Gasteiger partial charge on any atom is -0.396 e. The number of carbonyl (C=O) groups is 1. The summed E-state index contributed by atoms with van der Waals surface area (Å²) in [6.07, 6.45) is 1.60. The van der Waals surface area contributed by atoms with E-state index >= 15 is 0 Å². The Kier molecular flexibility index (Phi) is 4.25. The van der Waals surface area contributed by atoms with Crippen LogP contribution in [0.2, 0.25) is 0 Å². The lowest BCUT2D eigenvalue weighted by atomic mass is 10.0. The summed E-state index contributed by atoms with van der Waals surface area (Å²) in [5, 5.41) is 11.8. The second kappa shape index (κ2) is 6.32. The van der Waals surface area contributed by atoms with E-state index in [4.69, 9.17) is 5.11 Å². The normalized spacial score (nSPS) is 13.4. The molecule has 114 valence electrons. The summed E-state index contributed by atoms with van der Waals surface area (Å²) in [7, 11) is 0. The number of carbonyl (C=O) groups excluding carboxylic acids is 1. The fourth-order valence-electron chi connectivity index (χ4n) is 2.98. The van der Waals surface area contributed by atoms with Gasteiger partial charge in [0.15, 0.2) is 0 Å². The molecular formula is C19H21NO2. The van der Waals surface area contributed by atoms with Crippen molar-refractivity contribution in [1.29, 1.82) is 0 Å². The van der Waals surface area contributed by atoms with Crippen LogP contribution in [0.4, 0.5) is 0 Å². The van der Waals surface area contributed by atoms with Gasteiger partial charge in [-0.25, -0.2) is 0 Å². The van der Waals surface area contributed by atoms with Gasteiger partial charge in [0.1, 0.15) is 0 Å². The Labute approximate surface area is 131 Å². The average molecular weight is 295 g/mol. The molecule has 0 saturated carbocycles. The minimum atomic E-state index is -0.0384. The molecule has 0 radical (unpaired) electrons. The highest BCUT2D eigenvalue weighted by Gasteiger charge is 2.19. The SMILES string of the molecule is CC(CCO)CNC(=O)c1ccc2c(c1)Cc1ccccc1-2. The first-order valence-corrected chi connectivity index (χ1v) is 7.79. The van der Waals surface area contributed by atoms with Gasteiger partial charge in [0.25, 0.3) is 5.91 Å². The third kappa shape index (κ3) is 2.90. The molecule has 22 heavy (non-hydrogen) atoms. The highest BCUT2D eigenvalue weighted by atomic mass is 16.3. The molecule has 1 aliphatic rings. The van der Waals surface area contributed by atoms with Gasteiger partial charge in [0, 0.05) is 18.7 Å².